The maximum atomic E-state index is 12.8. The van der Waals surface area contributed by atoms with Crippen LogP contribution in [0, 0.1) is 5.92 Å². The number of hydrogen-bond donors (Lipinski definition) is 1. The number of carbonyl (C=O) groups excluding carboxylic acids is 2. The van der Waals surface area contributed by atoms with Crippen LogP contribution >= 0.6 is 11.6 Å². The van der Waals surface area contributed by atoms with E-state index in [9.17, 15) is 9.59 Å². The Morgan fingerprint density at radius 1 is 1.20 bits per heavy atom. The van der Waals surface area contributed by atoms with E-state index in [4.69, 9.17) is 16.3 Å². The first-order valence-electron chi connectivity index (χ1n) is 10.2. The third-order valence-corrected chi connectivity index (χ3v) is 6.03. The molecule has 0 bridgehead atoms. The largest absolute Gasteiger partial charge is 0.495 e. The van der Waals surface area contributed by atoms with Gasteiger partial charge in [-0.1, -0.05) is 41.9 Å². The molecule has 2 fully saturated rings. The van der Waals surface area contributed by atoms with E-state index in [1.807, 2.05) is 18.2 Å². The van der Waals surface area contributed by atoms with Crippen molar-refractivity contribution in [2.24, 2.45) is 5.92 Å². The highest BCUT2D eigenvalue weighted by molar-refractivity contribution is 6.31. The van der Waals surface area contributed by atoms with Crippen LogP contribution in [0.2, 0.25) is 5.02 Å². The number of carbonyl (C=O) groups is 2. The molecule has 1 N–H and O–H groups in total. The molecule has 2 saturated heterocycles. The molecule has 2 aromatic rings. The van der Waals surface area contributed by atoms with E-state index < -0.39 is 0 Å². The fourth-order valence-electron chi connectivity index (χ4n) is 4.24. The van der Waals surface area contributed by atoms with Gasteiger partial charge in [0.2, 0.25) is 11.8 Å². The number of hydrogen-bond acceptors (Lipinski definition) is 4. The predicted molar refractivity (Wildman–Crippen MR) is 117 cm³/mol. The lowest BCUT2D eigenvalue weighted by Gasteiger charge is -2.21. The summed E-state index contributed by atoms with van der Waals surface area (Å²) in [5, 5.41) is 3.68. The average molecular weight is 428 g/mol. The molecule has 2 amide bonds. The van der Waals surface area contributed by atoms with E-state index in [1.54, 1.807) is 30.2 Å². The van der Waals surface area contributed by atoms with Crippen LogP contribution < -0.4 is 15.0 Å². The number of ether oxygens (including phenoxy) is 1. The number of amides is 2. The Morgan fingerprint density at radius 3 is 2.77 bits per heavy atom. The van der Waals surface area contributed by atoms with Crippen molar-refractivity contribution < 1.29 is 14.3 Å². The Hall–Kier alpha value is -2.57. The zero-order valence-electron chi connectivity index (χ0n) is 17.0. The molecule has 2 heterocycles. The van der Waals surface area contributed by atoms with E-state index in [0.717, 1.165) is 26.1 Å². The SMILES string of the molecule is COc1ccc(Cl)cc1N1CC(C(=O)NC2CCN(Cc3ccccc3)C2)CC1=O. The van der Waals surface area contributed by atoms with Crippen molar-refractivity contribution in [3.8, 4) is 5.75 Å². The van der Waals surface area contributed by atoms with Gasteiger partial charge in [-0.2, -0.15) is 0 Å². The quantitative estimate of drug-likeness (QED) is 0.769. The van der Waals surface area contributed by atoms with Gasteiger partial charge < -0.3 is 15.0 Å². The van der Waals surface area contributed by atoms with Crippen molar-refractivity contribution in [3.05, 3.63) is 59.1 Å². The number of rotatable bonds is 6. The highest BCUT2D eigenvalue weighted by Gasteiger charge is 2.37. The standard InChI is InChI=1S/C23H26ClN3O3/c1-30-21-8-7-18(24)12-20(21)27-14-17(11-22(27)28)23(29)25-19-9-10-26(15-19)13-16-5-3-2-4-6-16/h2-8,12,17,19H,9-11,13-15H2,1H3,(H,25,29). The van der Waals surface area contributed by atoms with Crippen LogP contribution in [-0.2, 0) is 16.1 Å². The molecule has 158 valence electrons. The fraction of sp³-hybridized carbons (Fsp3) is 0.391. The van der Waals surface area contributed by atoms with Crippen molar-refractivity contribution in [2.45, 2.75) is 25.4 Å². The Balaban J connectivity index is 1.34. The summed E-state index contributed by atoms with van der Waals surface area (Å²) in [5.74, 6) is 0.0526. The van der Waals surface area contributed by atoms with Crippen molar-refractivity contribution in [1.29, 1.82) is 0 Å². The van der Waals surface area contributed by atoms with Crippen molar-refractivity contribution >= 4 is 29.1 Å². The summed E-state index contributed by atoms with van der Waals surface area (Å²) >= 11 is 6.11. The maximum absolute atomic E-state index is 12.8. The van der Waals surface area contributed by atoms with Gasteiger partial charge in [-0.25, -0.2) is 0 Å². The Morgan fingerprint density at radius 2 is 2.00 bits per heavy atom. The molecule has 0 radical (unpaired) electrons. The van der Waals surface area contributed by atoms with Gasteiger partial charge in [-0.15, -0.1) is 0 Å². The molecule has 2 aliphatic heterocycles. The molecular formula is C23H26ClN3O3. The summed E-state index contributed by atoms with van der Waals surface area (Å²) in [4.78, 5) is 29.4. The monoisotopic (exact) mass is 427 g/mol. The first kappa shape index (κ1) is 20.7. The first-order chi connectivity index (χ1) is 14.5. The van der Waals surface area contributed by atoms with E-state index in [2.05, 4.69) is 22.3 Å². The maximum Gasteiger partial charge on any atom is 0.227 e. The van der Waals surface area contributed by atoms with E-state index >= 15 is 0 Å². The number of methoxy groups -OCH3 is 1. The van der Waals surface area contributed by atoms with Crippen molar-refractivity contribution in [3.63, 3.8) is 0 Å². The normalized spacial score (nSPS) is 21.8. The van der Waals surface area contributed by atoms with Crippen molar-refractivity contribution in [1.82, 2.24) is 10.2 Å². The summed E-state index contributed by atoms with van der Waals surface area (Å²) in [6.07, 6.45) is 1.12. The highest BCUT2D eigenvalue weighted by atomic mass is 35.5. The number of benzene rings is 2. The van der Waals surface area contributed by atoms with Gasteiger partial charge in [0, 0.05) is 43.7 Å². The first-order valence-corrected chi connectivity index (χ1v) is 10.6. The average Bonchev–Trinajstić information content (AvgIpc) is 3.35. The number of nitrogens with zero attached hydrogens (tertiary/aromatic N) is 2. The van der Waals surface area contributed by atoms with Gasteiger partial charge in [0.15, 0.2) is 0 Å². The molecule has 30 heavy (non-hydrogen) atoms. The minimum absolute atomic E-state index is 0.0570. The summed E-state index contributed by atoms with van der Waals surface area (Å²) in [6.45, 7) is 3.00. The summed E-state index contributed by atoms with van der Waals surface area (Å²) < 4.78 is 5.37. The Labute approximate surface area is 181 Å². The lowest BCUT2D eigenvalue weighted by atomic mass is 10.1. The minimum atomic E-state index is -0.371. The molecule has 0 saturated carbocycles. The summed E-state index contributed by atoms with van der Waals surface area (Å²) in [6, 6.07) is 15.6. The minimum Gasteiger partial charge on any atom is -0.495 e. The molecule has 0 spiro atoms. The zero-order valence-corrected chi connectivity index (χ0v) is 17.8. The molecule has 0 aromatic heterocycles. The van der Waals surface area contributed by atoms with Crippen LogP contribution in [0.25, 0.3) is 0 Å². The zero-order chi connectivity index (χ0) is 21.1. The second-order valence-electron chi connectivity index (χ2n) is 7.94. The molecular weight excluding hydrogens is 402 g/mol. The van der Waals surface area contributed by atoms with Gasteiger partial charge in [0.1, 0.15) is 5.75 Å². The van der Waals surface area contributed by atoms with E-state index in [1.165, 1.54) is 5.56 Å². The van der Waals surface area contributed by atoms with Crippen LogP contribution in [0.3, 0.4) is 0 Å². The highest BCUT2D eigenvalue weighted by Crippen LogP contribution is 2.35. The number of anilines is 1. The molecule has 4 rings (SSSR count). The lowest BCUT2D eigenvalue weighted by Crippen LogP contribution is -2.41. The summed E-state index contributed by atoms with van der Waals surface area (Å²) in [7, 11) is 1.55. The van der Waals surface area contributed by atoms with Crippen LogP contribution in [0.5, 0.6) is 5.75 Å². The van der Waals surface area contributed by atoms with Gasteiger partial charge in [0.25, 0.3) is 0 Å². The molecule has 2 unspecified atom stereocenters. The molecule has 2 aliphatic rings. The van der Waals surface area contributed by atoms with Gasteiger partial charge in [-0.3, -0.25) is 14.5 Å². The molecule has 6 nitrogen and oxygen atoms in total. The lowest BCUT2D eigenvalue weighted by molar-refractivity contribution is -0.126. The summed E-state index contributed by atoms with van der Waals surface area (Å²) in [5.41, 5.74) is 1.89. The Bertz CT molecular complexity index is 921. The molecule has 0 aliphatic carbocycles. The predicted octanol–water partition coefficient (Wildman–Crippen LogP) is 3.09. The van der Waals surface area contributed by atoms with Gasteiger partial charge in [-0.05, 0) is 30.2 Å². The second-order valence-corrected chi connectivity index (χ2v) is 8.37. The van der Waals surface area contributed by atoms with Crippen LogP contribution in [0.1, 0.15) is 18.4 Å². The third-order valence-electron chi connectivity index (χ3n) is 5.80. The van der Waals surface area contributed by atoms with E-state index in [-0.39, 0.29) is 30.2 Å². The van der Waals surface area contributed by atoms with Gasteiger partial charge >= 0.3 is 0 Å². The molecule has 2 aromatic carbocycles. The molecule has 7 heteroatoms. The van der Waals surface area contributed by atoms with Crippen molar-refractivity contribution in [2.75, 3.05) is 31.6 Å². The second kappa shape index (κ2) is 9.06. The van der Waals surface area contributed by atoms with Crippen LogP contribution in [0.15, 0.2) is 48.5 Å². The van der Waals surface area contributed by atoms with E-state index in [0.29, 0.717) is 23.0 Å². The third kappa shape index (κ3) is 4.60. The topological polar surface area (TPSA) is 61.9 Å². The Kier molecular flexibility index (Phi) is 6.25. The van der Waals surface area contributed by atoms with Gasteiger partial charge in [0.05, 0.1) is 18.7 Å². The molecule has 2 atom stereocenters. The number of likely N-dealkylation sites (tertiary alicyclic amines) is 1. The fourth-order valence-corrected chi connectivity index (χ4v) is 4.41. The smallest absolute Gasteiger partial charge is 0.227 e. The number of nitrogens with one attached hydrogen (secondary N) is 1. The van der Waals surface area contributed by atoms with Crippen LogP contribution in [-0.4, -0.2) is 49.5 Å². The number of halogens is 1. The van der Waals surface area contributed by atoms with Crippen LogP contribution in [0.4, 0.5) is 5.69 Å².